The zero-order valence-corrected chi connectivity index (χ0v) is 68.4. The van der Waals surface area contributed by atoms with Crippen LogP contribution in [-0.2, 0) is 0 Å². The van der Waals surface area contributed by atoms with Crippen LogP contribution in [0.1, 0.15) is 396 Å². The van der Waals surface area contributed by atoms with Crippen LogP contribution in [0.2, 0.25) is 17.5 Å². The standard InChI is InChI=1S/C98H165BN2/c1-96(2,3)73-49-44-63(45-50-73)72-56-88-93-89(57-72)101(95-82(66-34-21-13-22-35-66)60-75(98(7,8)9)61-83(95)67-36-23-14-24-37-67)87-53-48-71(76-51-46-69-40-26-42-78-77-41-25-38-68-39-27-43-79(90(68)77)92(76)91(69)78)55-85(87)99(93)84-54-70(62-28-15-10-16-29-62)47-52-86(84)100(88)94-80(64-30-17-11-18-31-64)58-74(97(4,5)6)59-81(94)65-32-19-12-20-33-65/h62-95H,10-61H2,1-9H3. The predicted octanol–water partition coefficient (Wildman–Crippen LogP) is 27.5. The number of hydrogen-bond acceptors (Lipinski definition) is 2. The lowest BCUT2D eigenvalue weighted by molar-refractivity contribution is -0.169. The van der Waals surface area contributed by atoms with E-state index in [2.05, 4.69) is 72.1 Å². The highest BCUT2D eigenvalue weighted by Crippen LogP contribution is 2.72. The maximum Gasteiger partial charge on any atom is 0.156 e. The van der Waals surface area contributed by atoms with E-state index in [4.69, 9.17) is 0 Å². The molecule has 2 nitrogen and oxygen atoms in total. The molecule has 3 heteroatoms. The summed E-state index contributed by atoms with van der Waals surface area (Å²) in [5, 5.41) is 0. The second-order valence-electron chi connectivity index (χ2n) is 47.0. The molecule has 0 aromatic heterocycles. The molecule has 0 amide bonds. The predicted molar refractivity (Wildman–Crippen MR) is 429 cm³/mol. The van der Waals surface area contributed by atoms with Crippen molar-refractivity contribution in [2.45, 2.75) is 450 Å². The Balaban J connectivity index is 0.830. The monoisotopic (exact) mass is 1380 g/mol. The lowest BCUT2D eigenvalue weighted by atomic mass is 9.17. The van der Waals surface area contributed by atoms with Gasteiger partial charge in [-0.25, -0.2) is 0 Å². The molecule has 0 spiro atoms. The third-order valence-corrected chi connectivity index (χ3v) is 40.2. The average molecular weight is 1380 g/mol. The molecule has 18 rings (SSSR count). The normalized spacial score (nSPS) is 49.2. The Morgan fingerprint density at radius 3 is 0.990 bits per heavy atom. The molecular formula is C98H165BN2. The quantitative estimate of drug-likeness (QED) is 0.212. The Morgan fingerprint density at radius 2 is 0.554 bits per heavy atom. The molecule has 18 fully saturated rings. The van der Waals surface area contributed by atoms with Crippen LogP contribution in [0.25, 0.3) is 0 Å². The van der Waals surface area contributed by atoms with Gasteiger partial charge in [-0.05, 0) is 304 Å². The van der Waals surface area contributed by atoms with Crippen molar-refractivity contribution in [2.24, 2.45) is 164 Å². The van der Waals surface area contributed by atoms with Crippen molar-refractivity contribution in [3.63, 3.8) is 0 Å². The first-order valence-corrected chi connectivity index (χ1v) is 48.6. The molecule has 0 aromatic carbocycles. The number of fused-ring (bicyclic) bond motifs is 6. The Kier molecular flexibility index (Phi) is 21.5. The van der Waals surface area contributed by atoms with Gasteiger partial charge < -0.3 is 0 Å². The summed E-state index contributed by atoms with van der Waals surface area (Å²) in [5.41, 5.74) is 1.26. The molecule has 0 radical (unpaired) electrons. The minimum absolute atomic E-state index is 0.404. The van der Waals surface area contributed by atoms with Gasteiger partial charge in [-0.2, -0.15) is 0 Å². The van der Waals surface area contributed by atoms with Crippen molar-refractivity contribution in [1.29, 1.82) is 0 Å². The first-order valence-electron chi connectivity index (χ1n) is 48.6. The second-order valence-corrected chi connectivity index (χ2v) is 47.0. The molecule has 570 valence electrons. The highest BCUT2D eigenvalue weighted by Gasteiger charge is 2.70. The van der Waals surface area contributed by atoms with Crippen LogP contribution in [0.3, 0.4) is 0 Å². The molecule has 23 unspecified atom stereocenters. The van der Waals surface area contributed by atoms with E-state index in [0.29, 0.717) is 16.2 Å². The third-order valence-electron chi connectivity index (χ3n) is 40.2. The van der Waals surface area contributed by atoms with Gasteiger partial charge in [0.15, 0.2) is 6.71 Å². The van der Waals surface area contributed by atoms with E-state index in [-0.39, 0.29) is 0 Å². The van der Waals surface area contributed by atoms with Crippen molar-refractivity contribution in [3.05, 3.63) is 0 Å². The van der Waals surface area contributed by atoms with E-state index in [9.17, 15) is 0 Å². The van der Waals surface area contributed by atoms with E-state index >= 15 is 0 Å². The molecule has 18 aliphatic rings. The smallest absolute Gasteiger partial charge is 0.156 e. The summed E-state index contributed by atoms with van der Waals surface area (Å²) in [6.45, 7) is 25.5. The van der Waals surface area contributed by atoms with Gasteiger partial charge in [0.2, 0.25) is 0 Å². The summed E-state index contributed by atoms with van der Waals surface area (Å²) in [6.07, 6.45) is 82.5. The summed E-state index contributed by atoms with van der Waals surface area (Å²) < 4.78 is 0. The first-order chi connectivity index (χ1) is 49.0. The van der Waals surface area contributed by atoms with Crippen LogP contribution in [-0.4, -0.2) is 52.8 Å². The zero-order chi connectivity index (χ0) is 68.6. The minimum Gasteiger partial charge on any atom is -0.295 e. The van der Waals surface area contributed by atoms with Gasteiger partial charge in [-0.15, -0.1) is 0 Å². The van der Waals surface area contributed by atoms with Gasteiger partial charge >= 0.3 is 0 Å². The first kappa shape index (κ1) is 72.5. The van der Waals surface area contributed by atoms with E-state index in [1.807, 2.05) is 0 Å². The van der Waals surface area contributed by atoms with Gasteiger partial charge in [-0.3, -0.25) is 9.80 Å². The molecule has 0 N–H and O–H groups in total. The van der Waals surface area contributed by atoms with Crippen molar-refractivity contribution in [1.82, 2.24) is 9.80 Å². The molecule has 2 saturated heterocycles. The molecule has 2 aliphatic heterocycles. The molecule has 2 heterocycles. The highest BCUT2D eigenvalue weighted by molar-refractivity contribution is 6.65. The number of nitrogens with zero attached hydrogens (tertiary/aromatic N) is 2. The largest absolute Gasteiger partial charge is 0.295 e. The Hall–Kier alpha value is -0.0151. The number of hydrogen-bond donors (Lipinski definition) is 0. The van der Waals surface area contributed by atoms with Crippen molar-refractivity contribution in [3.8, 4) is 0 Å². The van der Waals surface area contributed by atoms with Crippen LogP contribution in [0.4, 0.5) is 0 Å². The van der Waals surface area contributed by atoms with Crippen LogP contribution in [0.5, 0.6) is 0 Å². The molecule has 23 atom stereocenters. The maximum atomic E-state index is 4.01. The number of rotatable bonds is 9. The summed E-state index contributed by atoms with van der Waals surface area (Å²) >= 11 is 0. The van der Waals surface area contributed by atoms with Crippen LogP contribution in [0, 0.1) is 164 Å². The summed E-state index contributed by atoms with van der Waals surface area (Å²) in [6, 6.07) is 5.10. The fourth-order valence-corrected chi connectivity index (χ4v) is 36.1. The van der Waals surface area contributed by atoms with E-state index < -0.39 is 0 Å². The van der Waals surface area contributed by atoms with Crippen molar-refractivity contribution >= 4 is 6.71 Å². The Morgan fingerprint density at radius 1 is 0.208 bits per heavy atom. The maximum absolute atomic E-state index is 4.01. The third kappa shape index (κ3) is 13.7. The van der Waals surface area contributed by atoms with E-state index in [1.54, 1.807) is 289 Å². The molecule has 16 saturated carbocycles. The molecular weight excluding hydrogens is 1220 g/mol. The van der Waals surface area contributed by atoms with Crippen LogP contribution < -0.4 is 0 Å². The molecule has 16 aliphatic carbocycles. The fourth-order valence-electron chi connectivity index (χ4n) is 36.1. The minimum atomic E-state index is 0.404. The fraction of sp³-hybridized carbons (Fsp3) is 1.00. The summed E-state index contributed by atoms with van der Waals surface area (Å²) in [7, 11) is 0. The lowest BCUT2D eigenvalue weighted by Gasteiger charge is -2.73. The van der Waals surface area contributed by atoms with Crippen molar-refractivity contribution in [2.75, 3.05) is 0 Å². The van der Waals surface area contributed by atoms with Crippen molar-refractivity contribution < 1.29 is 0 Å². The van der Waals surface area contributed by atoms with Gasteiger partial charge in [0.25, 0.3) is 0 Å². The molecule has 0 aromatic rings. The Labute approximate surface area is 626 Å². The van der Waals surface area contributed by atoms with E-state index in [1.165, 1.54) is 44.9 Å². The molecule has 101 heavy (non-hydrogen) atoms. The summed E-state index contributed by atoms with van der Waals surface area (Å²) in [5.74, 6) is 28.0. The second kappa shape index (κ2) is 29.9. The van der Waals surface area contributed by atoms with E-state index in [0.717, 1.165) is 208 Å². The van der Waals surface area contributed by atoms with Gasteiger partial charge in [0.05, 0.1) is 0 Å². The highest BCUT2D eigenvalue weighted by atomic mass is 15.3. The van der Waals surface area contributed by atoms with Crippen LogP contribution >= 0.6 is 0 Å². The SMILES string of the molecule is CC(C)(C)C1CCC(C2CC3C4B(C5CC(C6CCCCC6)CCC5N3C3C(C5CCCCC5)CC(C(C)(C)C)CC3C3CCCCC3)C3CC(C5CCC6CCCC7C8CCCC9CCCC(C98)C5C67)CCC3N(C3C(C5CCCCC5)CC(C(C)(C)C)CC3C3CCCCC3)C4C2)CC1. The molecule has 0 bridgehead atoms. The van der Waals surface area contributed by atoms with Gasteiger partial charge in [-0.1, -0.05) is 274 Å². The zero-order valence-electron chi connectivity index (χ0n) is 68.4. The van der Waals surface area contributed by atoms with Gasteiger partial charge in [0.1, 0.15) is 0 Å². The topological polar surface area (TPSA) is 6.48 Å². The lowest BCUT2D eigenvalue weighted by Crippen LogP contribution is -2.77. The average Bonchev–Trinajstić information content (AvgIpc) is 0.688. The van der Waals surface area contributed by atoms with Crippen LogP contribution in [0.15, 0.2) is 0 Å². The summed E-state index contributed by atoms with van der Waals surface area (Å²) in [4.78, 5) is 8.00. The van der Waals surface area contributed by atoms with Gasteiger partial charge in [0, 0.05) is 36.3 Å². The Bertz CT molecular complexity index is 2600.